The number of aromatic amines is 1. The van der Waals surface area contributed by atoms with Crippen molar-refractivity contribution in [1.82, 2.24) is 10.2 Å². The zero-order chi connectivity index (χ0) is 14.9. The summed E-state index contributed by atoms with van der Waals surface area (Å²) in [6, 6.07) is 19.1. The lowest BCUT2D eigenvalue weighted by Crippen LogP contribution is -2.03. The van der Waals surface area contributed by atoms with Crippen LogP contribution in [0.25, 0.3) is 33.4 Å². The van der Waals surface area contributed by atoms with Crippen molar-refractivity contribution >= 4 is 11.0 Å². The number of aromatic nitrogens is 2. The molecule has 0 radical (unpaired) electrons. The lowest BCUT2D eigenvalue weighted by Gasteiger charge is -2.03. The first-order valence-electron chi connectivity index (χ1n) is 6.95. The predicted octanol–water partition coefficient (Wildman–Crippen LogP) is 3.85. The van der Waals surface area contributed by atoms with Crippen LogP contribution in [-0.4, -0.2) is 10.2 Å². The first-order valence-corrected chi connectivity index (χ1v) is 6.95. The van der Waals surface area contributed by atoms with Gasteiger partial charge in [0.2, 0.25) is 0 Å². The number of H-pyrrole nitrogens is 1. The van der Waals surface area contributed by atoms with Gasteiger partial charge in [0.25, 0.3) is 0 Å². The maximum absolute atomic E-state index is 12.3. The number of nitrogens with one attached hydrogen (secondary N) is 1. The average Bonchev–Trinajstić information content (AvgIpc) is 3.04. The lowest BCUT2D eigenvalue weighted by atomic mass is 10.0. The molecule has 0 unspecified atom stereocenters. The van der Waals surface area contributed by atoms with Crippen LogP contribution in [-0.2, 0) is 0 Å². The molecule has 2 aromatic heterocycles. The van der Waals surface area contributed by atoms with Gasteiger partial charge >= 0.3 is 5.63 Å². The van der Waals surface area contributed by atoms with E-state index in [1.54, 1.807) is 12.3 Å². The van der Waals surface area contributed by atoms with E-state index in [4.69, 9.17) is 4.42 Å². The summed E-state index contributed by atoms with van der Waals surface area (Å²) in [6.45, 7) is 0. The highest BCUT2D eigenvalue weighted by Gasteiger charge is 2.15. The second kappa shape index (κ2) is 5.00. The van der Waals surface area contributed by atoms with Gasteiger partial charge < -0.3 is 4.42 Å². The van der Waals surface area contributed by atoms with Crippen LogP contribution in [0.4, 0.5) is 0 Å². The van der Waals surface area contributed by atoms with Crippen LogP contribution in [0.2, 0.25) is 0 Å². The molecule has 0 spiro atoms. The van der Waals surface area contributed by atoms with Crippen LogP contribution in [0.1, 0.15) is 0 Å². The molecule has 0 aliphatic carbocycles. The fourth-order valence-electron chi connectivity index (χ4n) is 2.56. The molecule has 106 valence electrons. The van der Waals surface area contributed by atoms with E-state index in [0.29, 0.717) is 16.8 Å². The number of benzene rings is 2. The van der Waals surface area contributed by atoms with Gasteiger partial charge in [0.05, 0.1) is 5.56 Å². The van der Waals surface area contributed by atoms with Gasteiger partial charge in [-0.3, -0.25) is 5.10 Å². The van der Waals surface area contributed by atoms with E-state index in [-0.39, 0.29) is 5.63 Å². The lowest BCUT2D eigenvalue weighted by molar-refractivity contribution is 0.563. The maximum atomic E-state index is 12.3. The molecule has 0 saturated heterocycles. The Morgan fingerprint density at radius 1 is 0.909 bits per heavy atom. The molecule has 0 aliphatic heterocycles. The molecule has 0 bridgehead atoms. The van der Waals surface area contributed by atoms with Gasteiger partial charge in [-0.1, -0.05) is 48.5 Å². The number of fused-ring (bicyclic) bond motifs is 1. The highest BCUT2D eigenvalue weighted by molar-refractivity contribution is 5.85. The van der Waals surface area contributed by atoms with E-state index in [1.807, 2.05) is 54.6 Å². The normalized spacial score (nSPS) is 10.9. The minimum atomic E-state index is -0.386. The molecule has 1 N–H and O–H groups in total. The second-order valence-electron chi connectivity index (χ2n) is 5.00. The largest absolute Gasteiger partial charge is 0.422 e. The van der Waals surface area contributed by atoms with Crippen molar-refractivity contribution in [1.29, 1.82) is 0 Å². The standard InChI is InChI=1S/C18H12N2O2/c21-18-14(10-13-8-4-5-9-16(13)22-18)17-15(11-19-20-17)12-6-2-1-3-7-12/h1-11H,(H,19,20). The highest BCUT2D eigenvalue weighted by Crippen LogP contribution is 2.29. The minimum Gasteiger partial charge on any atom is -0.422 e. The molecule has 4 aromatic rings. The summed E-state index contributed by atoms with van der Waals surface area (Å²) in [5, 5.41) is 7.96. The number of hydrogen-bond donors (Lipinski definition) is 1. The average molecular weight is 288 g/mol. The smallest absolute Gasteiger partial charge is 0.345 e. The van der Waals surface area contributed by atoms with Crippen molar-refractivity contribution in [3.05, 3.63) is 77.3 Å². The Morgan fingerprint density at radius 2 is 1.68 bits per heavy atom. The SMILES string of the molecule is O=c1oc2ccccc2cc1-c1n[nH]cc1-c1ccccc1. The van der Waals surface area contributed by atoms with Crippen molar-refractivity contribution in [2.75, 3.05) is 0 Å². The Kier molecular flexibility index (Phi) is 2.86. The van der Waals surface area contributed by atoms with Gasteiger partial charge in [-0.05, 0) is 17.7 Å². The Morgan fingerprint density at radius 3 is 2.55 bits per heavy atom. The van der Waals surface area contributed by atoms with Crippen LogP contribution in [0.5, 0.6) is 0 Å². The molecule has 0 aliphatic rings. The summed E-state index contributed by atoms with van der Waals surface area (Å²) in [5.41, 5.74) is 3.13. The molecule has 2 heterocycles. The van der Waals surface area contributed by atoms with Gasteiger partial charge in [0.15, 0.2) is 0 Å². The summed E-state index contributed by atoms with van der Waals surface area (Å²) >= 11 is 0. The first-order chi connectivity index (χ1) is 10.8. The van der Waals surface area contributed by atoms with Crippen LogP contribution in [0, 0.1) is 0 Å². The molecule has 4 nitrogen and oxygen atoms in total. The fraction of sp³-hybridized carbons (Fsp3) is 0. The Hall–Kier alpha value is -3.14. The second-order valence-corrected chi connectivity index (χ2v) is 5.00. The minimum absolute atomic E-state index is 0.386. The van der Waals surface area contributed by atoms with Gasteiger partial charge in [0.1, 0.15) is 11.3 Å². The molecule has 4 heteroatoms. The zero-order valence-electron chi connectivity index (χ0n) is 11.6. The molecule has 0 atom stereocenters. The number of hydrogen-bond acceptors (Lipinski definition) is 3. The summed E-state index contributed by atoms with van der Waals surface area (Å²) in [7, 11) is 0. The summed E-state index contributed by atoms with van der Waals surface area (Å²) in [5.74, 6) is 0. The Labute approximate surface area is 126 Å². The van der Waals surface area contributed by atoms with Crippen LogP contribution >= 0.6 is 0 Å². The van der Waals surface area contributed by atoms with E-state index in [2.05, 4.69) is 10.2 Å². The fourth-order valence-corrected chi connectivity index (χ4v) is 2.56. The monoisotopic (exact) mass is 288 g/mol. The van der Waals surface area contributed by atoms with Crippen molar-refractivity contribution in [3.8, 4) is 22.4 Å². The highest BCUT2D eigenvalue weighted by atomic mass is 16.4. The number of rotatable bonds is 2. The van der Waals surface area contributed by atoms with E-state index in [0.717, 1.165) is 16.5 Å². The molecular weight excluding hydrogens is 276 g/mol. The van der Waals surface area contributed by atoms with Crippen molar-refractivity contribution < 1.29 is 4.42 Å². The Bertz CT molecular complexity index is 1000. The van der Waals surface area contributed by atoms with Crippen LogP contribution < -0.4 is 5.63 Å². The van der Waals surface area contributed by atoms with Crippen molar-refractivity contribution in [3.63, 3.8) is 0 Å². The van der Waals surface area contributed by atoms with Crippen LogP contribution in [0.15, 0.2) is 76.1 Å². The molecule has 0 saturated carbocycles. The summed E-state index contributed by atoms with van der Waals surface area (Å²) in [6.07, 6.45) is 1.79. The quantitative estimate of drug-likeness (QED) is 0.570. The van der Waals surface area contributed by atoms with Crippen molar-refractivity contribution in [2.45, 2.75) is 0 Å². The number of nitrogens with zero attached hydrogens (tertiary/aromatic N) is 1. The molecule has 2 aromatic carbocycles. The molecule has 4 rings (SSSR count). The maximum Gasteiger partial charge on any atom is 0.345 e. The summed E-state index contributed by atoms with van der Waals surface area (Å²) < 4.78 is 5.40. The van der Waals surface area contributed by atoms with Gasteiger partial charge in [0, 0.05) is 17.1 Å². The third-order valence-electron chi connectivity index (χ3n) is 3.62. The third kappa shape index (κ3) is 2.02. The van der Waals surface area contributed by atoms with Gasteiger partial charge in [-0.25, -0.2) is 4.79 Å². The Balaban J connectivity index is 1.96. The molecule has 0 amide bonds. The van der Waals surface area contributed by atoms with E-state index >= 15 is 0 Å². The zero-order valence-corrected chi connectivity index (χ0v) is 11.6. The van der Waals surface area contributed by atoms with E-state index in [1.165, 1.54) is 0 Å². The predicted molar refractivity (Wildman–Crippen MR) is 85.5 cm³/mol. The van der Waals surface area contributed by atoms with Crippen LogP contribution in [0.3, 0.4) is 0 Å². The summed E-state index contributed by atoms with van der Waals surface area (Å²) in [4.78, 5) is 12.3. The molecule has 22 heavy (non-hydrogen) atoms. The van der Waals surface area contributed by atoms with E-state index < -0.39 is 0 Å². The molecular formula is C18H12N2O2. The van der Waals surface area contributed by atoms with Gasteiger partial charge in [-0.2, -0.15) is 5.10 Å². The first kappa shape index (κ1) is 12.6. The van der Waals surface area contributed by atoms with Gasteiger partial charge in [-0.15, -0.1) is 0 Å². The third-order valence-corrected chi connectivity index (χ3v) is 3.62. The molecule has 0 fully saturated rings. The van der Waals surface area contributed by atoms with E-state index in [9.17, 15) is 4.79 Å². The topological polar surface area (TPSA) is 58.9 Å². The number of para-hydroxylation sites is 1. The van der Waals surface area contributed by atoms with Crippen molar-refractivity contribution in [2.24, 2.45) is 0 Å².